The van der Waals surface area contributed by atoms with E-state index in [2.05, 4.69) is 15.3 Å². The predicted molar refractivity (Wildman–Crippen MR) is 108 cm³/mol. The first-order valence-corrected chi connectivity index (χ1v) is 9.15. The molecular weight excluding hydrogens is 352 g/mol. The highest BCUT2D eigenvalue weighted by atomic mass is 16.2. The molecule has 0 saturated heterocycles. The van der Waals surface area contributed by atoms with Gasteiger partial charge in [-0.25, -0.2) is 9.97 Å². The molecular formula is C22H20N4O2. The van der Waals surface area contributed by atoms with Crippen molar-refractivity contribution < 1.29 is 9.59 Å². The van der Waals surface area contributed by atoms with E-state index in [1.54, 1.807) is 35.2 Å². The van der Waals surface area contributed by atoms with Crippen LogP contribution < -0.4 is 10.2 Å². The molecule has 0 atom stereocenters. The van der Waals surface area contributed by atoms with Gasteiger partial charge in [0.25, 0.3) is 5.91 Å². The third kappa shape index (κ3) is 3.49. The number of carbonyl (C=O) groups is 2. The van der Waals surface area contributed by atoms with Gasteiger partial charge < -0.3 is 10.2 Å². The molecule has 6 heteroatoms. The maximum absolute atomic E-state index is 13.1. The molecule has 2 heterocycles. The van der Waals surface area contributed by atoms with Crippen LogP contribution in [0.15, 0.2) is 54.6 Å². The number of anilines is 3. The summed E-state index contributed by atoms with van der Waals surface area (Å²) >= 11 is 0. The zero-order valence-corrected chi connectivity index (χ0v) is 15.8. The lowest BCUT2D eigenvalue weighted by Gasteiger charge is -2.17. The van der Waals surface area contributed by atoms with Crippen LogP contribution in [0.25, 0.3) is 0 Å². The average Bonchev–Trinajstić information content (AvgIpc) is 3.11. The van der Waals surface area contributed by atoms with Gasteiger partial charge in [0.1, 0.15) is 5.69 Å². The fourth-order valence-corrected chi connectivity index (χ4v) is 3.34. The van der Waals surface area contributed by atoms with Crippen LogP contribution in [0, 0.1) is 6.92 Å². The molecule has 0 bridgehead atoms. The summed E-state index contributed by atoms with van der Waals surface area (Å²) in [6, 6.07) is 16.7. The number of amides is 1. The molecule has 2 aromatic carbocycles. The normalized spacial score (nSPS) is 12.6. The summed E-state index contributed by atoms with van der Waals surface area (Å²) in [6.07, 6.45) is 0.847. The SMILES string of the molecule is CC(=O)c1ccc(Nc2nc(C)cc(C(=O)N3CCc4ccccc43)n2)cc1. The fraction of sp³-hybridized carbons (Fsp3) is 0.182. The van der Waals surface area contributed by atoms with Crippen molar-refractivity contribution in [3.05, 3.63) is 77.1 Å². The van der Waals surface area contributed by atoms with Crippen LogP contribution in [0.5, 0.6) is 0 Å². The smallest absolute Gasteiger partial charge is 0.277 e. The topological polar surface area (TPSA) is 75.2 Å². The lowest BCUT2D eigenvalue weighted by Crippen LogP contribution is -2.30. The van der Waals surface area contributed by atoms with E-state index >= 15 is 0 Å². The summed E-state index contributed by atoms with van der Waals surface area (Å²) in [4.78, 5) is 35.0. The fourth-order valence-electron chi connectivity index (χ4n) is 3.34. The number of carbonyl (C=O) groups excluding carboxylic acids is 2. The lowest BCUT2D eigenvalue weighted by molar-refractivity contribution is 0.0982. The third-order valence-corrected chi connectivity index (χ3v) is 4.75. The summed E-state index contributed by atoms with van der Waals surface area (Å²) in [6.45, 7) is 4.01. The second kappa shape index (κ2) is 7.23. The number of hydrogen-bond acceptors (Lipinski definition) is 5. The standard InChI is InChI=1S/C22H20N4O2/c1-14-13-19(21(28)26-12-11-17-5-3-4-6-20(17)26)25-22(23-14)24-18-9-7-16(8-10-18)15(2)27/h3-10,13H,11-12H2,1-2H3,(H,23,24,25). The largest absolute Gasteiger partial charge is 0.324 e. The van der Waals surface area contributed by atoms with Crippen molar-refractivity contribution in [2.45, 2.75) is 20.3 Å². The molecule has 1 N–H and O–H groups in total. The highest BCUT2D eigenvalue weighted by Gasteiger charge is 2.26. The Morgan fingerprint density at radius 2 is 1.79 bits per heavy atom. The second-order valence-corrected chi connectivity index (χ2v) is 6.81. The van der Waals surface area contributed by atoms with E-state index in [0.717, 1.165) is 17.8 Å². The van der Waals surface area contributed by atoms with Crippen molar-refractivity contribution in [1.82, 2.24) is 9.97 Å². The van der Waals surface area contributed by atoms with E-state index in [4.69, 9.17) is 0 Å². The van der Waals surface area contributed by atoms with Crippen LogP contribution in [0.1, 0.15) is 39.0 Å². The third-order valence-electron chi connectivity index (χ3n) is 4.75. The summed E-state index contributed by atoms with van der Waals surface area (Å²) < 4.78 is 0. The van der Waals surface area contributed by atoms with Crippen LogP contribution in [0.3, 0.4) is 0 Å². The van der Waals surface area contributed by atoms with E-state index in [1.165, 1.54) is 12.5 Å². The molecule has 140 valence electrons. The first kappa shape index (κ1) is 17.9. The minimum atomic E-state index is -0.134. The number of benzene rings is 2. The van der Waals surface area contributed by atoms with Crippen molar-refractivity contribution in [3.8, 4) is 0 Å². The van der Waals surface area contributed by atoms with Crippen molar-refractivity contribution >= 4 is 29.0 Å². The number of nitrogens with zero attached hydrogens (tertiary/aromatic N) is 3. The summed E-state index contributed by atoms with van der Waals surface area (Å²) in [5.41, 5.74) is 4.56. The van der Waals surface area contributed by atoms with E-state index in [1.807, 2.05) is 31.2 Å². The van der Waals surface area contributed by atoms with Crippen molar-refractivity contribution in [2.24, 2.45) is 0 Å². The average molecular weight is 372 g/mol. The highest BCUT2D eigenvalue weighted by molar-refractivity contribution is 6.06. The highest BCUT2D eigenvalue weighted by Crippen LogP contribution is 2.28. The van der Waals surface area contributed by atoms with Gasteiger partial charge in [-0.05, 0) is 62.2 Å². The van der Waals surface area contributed by atoms with E-state index in [9.17, 15) is 9.59 Å². The summed E-state index contributed by atoms with van der Waals surface area (Å²) in [5, 5.41) is 3.11. The molecule has 0 radical (unpaired) electrons. The van der Waals surface area contributed by atoms with Gasteiger partial charge in [-0.2, -0.15) is 0 Å². The van der Waals surface area contributed by atoms with Gasteiger partial charge in [-0.3, -0.25) is 9.59 Å². The number of rotatable bonds is 4. The first-order chi connectivity index (χ1) is 13.5. The van der Waals surface area contributed by atoms with Crippen molar-refractivity contribution in [3.63, 3.8) is 0 Å². The van der Waals surface area contributed by atoms with Gasteiger partial charge in [0, 0.05) is 29.2 Å². The van der Waals surface area contributed by atoms with Gasteiger partial charge in [0.05, 0.1) is 0 Å². The lowest BCUT2D eigenvalue weighted by atomic mass is 10.1. The first-order valence-electron chi connectivity index (χ1n) is 9.15. The molecule has 0 fully saturated rings. The minimum Gasteiger partial charge on any atom is -0.324 e. The molecule has 3 aromatic rings. The molecule has 4 rings (SSSR count). The van der Waals surface area contributed by atoms with Crippen LogP contribution in [-0.4, -0.2) is 28.2 Å². The van der Waals surface area contributed by atoms with Gasteiger partial charge in [-0.15, -0.1) is 0 Å². The maximum atomic E-state index is 13.1. The molecule has 0 spiro atoms. The van der Waals surface area contributed by atoms with Gasteiger partial charge in [0.15, 0.2) is 5.78 Å². The maximum Gasteiger partial charge on any atom is 0.277 e. The van der Waals surface area contributed by atoms with Crippen LogP contribution in [-0.2, 0) is 6.42 Å². The summed E-state index contributed by atoms with van der Waals surface area (Å²) in [7, 11) is 0. The number of aryl methyl sites for hydroxylation is 1. The Morgan fingerprint density at radius 3 is 2.54 bits per heavy atom. The van der Waals surface area contributed by atoms with Crippen LogP contribution >= 0.6 is 0 Å². The number of nitrogens with one attached hydrogen (secondary N) is 1. The Balaban J connectivity index is 1.59. The molecule has 6 nitrogen and oxygen atoms in total. The Kier molecular flexibility index (Phi) is 4.61. The van der Waals surface area contributed by atoms with Gasteiger partial charge >= 0.3 is 0 Å². The van der Waals surface area contributed by atoms with Crippen LogP contribution in [0.2, 0.25) is 0 Å². The molecule has 0 aliphatic carbocycles. The Morgan fingerprint density at radius 1 is 1.04 bits per heavy atom. The van der Waals surface area contributed by atoms with Crippen molar-refractivity contribution in [2.75, 3.05) is 16.8 Å². The van der Waals surface area contributed by atoms with E-state index < -0.39 is 0 Å². The predicted octanol–water partition coefficient (Wildman–Crippen LogP) is 3.93. The van der Waals surface area contributed by atoms with E-state index in [-0.39, 0.29) is 11.7 Å². The van der Waals surface area contributed by atoms with Gasteiger partial charge in [-0.1, -0.05) is 18.2 Å². The molecule has 0 unspecified atom stereocenters. The zero-order chi connectivity index (χ0) is 19.7. The molecule has 1 aromatic heterocycles. The van der Waals surface area contributed by atoms with Crippen LogP contribution in [0.4, 0.5) is 17.3 Å². The minimum absolute atomic E-state index is 0.0112. The number of fused-ring (bicyclic) bond motifs is 1. The molecule has 28 heavy (non-hydrogen) atoms. The Labute approximate surface area is 163 Å². The number of hydrogen-bond donors (Lipinski definition) is 1. The monoisotopic (exact) mass is 372 g/mol. The number of para-hydroxylation sites is 1. The van der Waals surface area contributed by atoms with Gasteiger partial charge in [0.2, 0.25) is 5.95 Å². The van der Waals surface area contributed by atoms with Crippen molar-refractivity contribution in [1.29, 1.82) is 0 Å². The van der Waals surface area contributed by atoms with E-state index in [0.29, 0.717) is 29.4 Å². The Bertz CT molecular complexity index is 1060. The quantitative estimate of drug-likeness (QED) is 0.702. The molecule has 1 aliphatic heterocycles. The Hall–Kier alpha value is -3.54. The molecule has 1 aliphatic rings. The molecule has 1 amide bonds. The number of aromatic nitrogens is 2. The number of ketones is 1. The second-order valence-electron chi connectivity index (χ2n) is 6.81. The zero-order valence-electron chi connectivity index (χ0n) is 15.8. The number of Topliss-reactive ketones (excluding diaryl/α,β-unsaturated/α-hetero) is 1. The summed E-state index contributed by atoms with van der Waals surface area (Å²) in [5.74, 6) is 0.231. The molecule has 0 saturated carbocycles.